The molecule has 1 heterocycles. The molecule has 7 nitrogen and oxygen atoms in total. The third kappa shape index (κ3) is 4.47. The number of aromatic nitrogens is 2. The third-order valence-corrected chi connectivity index (χ3v) is 4.03. The predicted octanol–water partition coefficient (Wildman–Crippen LogP) is 3.47. The molecular weight excluding hydrogens is 389 g/mol. The maximum Gasteiger partial charge on any atom is 0.363 e. The Labute approximate surface area is 164 Å². The highest BCUT2D eigenvalue weighted by Gasteiger charge is 2.20. The van der Waals surface area contributed by atoms with E-state index in [1.165, 1.54) is 35.1 Å². The summed E-state index contributed by atoms with van der Waals surface area (Å²) >= 11 is 6.03. The summed E-state index contributed by atoms with van der Waals surface area (Å²) < 4.78 is 19.1. The van der Waals surface area contributed by atoms with Gasteiger partial charge in [-0.2, -0.15) is 5.10 Å². The van der Waals surface area contributed by atoms with Crippen molar-refractivity contribution in [2.24, 2.45) is 0 Å². The number of halogens is 2. The Morgan fingerprint density at radius 2 is 1.96 bits per heavy atom. The Kier molecular flexibility index (Phi) is 5.60. The first kappa shape index (κ1) is 19.4. The maximum atomic E-state index is 13.0. The van der Waals surface area contributed by atoms with Crippen LogP contribution >= 0.6 is 11.6 Å². The fraction of sp³-hybridized carbons (Fsp3) is 0.105. The fourth-order valence-electron chi connectivity index (χ4n) is 2.34. The van der Waals surface area contributed by atoms with Crippen LogP contribution in [0.4, 0.5) is 10.1 Å². The minimum Gasteiger partial charge on any atom is -0.504 e. The molecule has 0 atom stereocenters. The van der Waals surface area contributed by atoms with Gasteiger partial charge in [-0.15, -0.1) is 0 Å². The smallest absolute Gasteiger partial charge is 0.363 e. The summed E-state index contributed by atoms with van der Waals surface area (Å²) in [6.07, 6.45) is 1.18. The second kappa shape index (κ2) is 8.10. The molecule has 0 radical (unpaired) electrons. The number of ether oxygens (including phenoxy) is 1. The van der Waals surface area contributed by atoms with Gasteiger partial charge in [-0.05, 0) is 48.9 Å². The highest BCUT2D eigenvalue weighted by molar-refractivity contribution is 6.33. The molecule has 28 heavy (non-hydrogen) atoms. The van der Waals surface area contributed by atoms with E-state index in [2.05, 4.69) is 10.4 Å². The van der Waals surface area contributed by atoms with Gasteiger partial charge in [0.05, 0.1) is 22.6 Å². The summed E-state index contributed by atoms with van der Waals surface area (Å²) in [5.41, 5.74) is 1.38. The molecule has 2 aromatic carbocycles. The van der Waals surface area contributed by atoms with Gasteiger partial charge in [-0.1, -0.05) is 17.7 Å². The van der Waals surface area contributed by atoms with Crippen LogP contribution in [-0.4, -0.2) is 33.4 Å². The molecule has 3 rings (SSSR count). The summed E-state index contributed by atoms with van der Waals surface area (Å²) in [5.74, 6) is -2.45. The van der Waals surface area contributed by atoms with E-state index < -0.39 is 30.1 Å². The Balaban J connectivity index is 1.63. The van der Waals surface area contributed by atoms with E-state index in [1.54, 1.807) is 18.2 Å². The van der Waals surface area contributed by atoms with Crippen molar-refractivity contribution in [3.05, 3.63) is 70.8 Å². The maximum absolute atomic E-state index is 13.0. The molecule has 1 amide bonds. The van der Waals surface area contributed by atoms with Crippen LogP contribution in [0.5, 0.6) is 5.75 Å². The SMILES string of the molecule is Cc1ccc(NC(=O)COC(=O)c2nn(-c3ccc(F)cc3)cc2O)c(Cl)c1. The zero-order valence-corrected chi connectivity index (χ0v) is 15.4. The Bertz CT molecular complexity index is 1030. The van der Waals surface area contributed by atoms with E-state index in [4.69, 9.17) is 16.3 Å². The number of esters is 1. The average molecular weight is 404 g/mol. The van der Waals surface area contributed by atoms with Crippen LogP contribution in [-0.2, 0) is 9.53 Å². The zero-order chi connectivity index (χ0) is 20.3. The lowest BCUT2D eigenvalue weighted by molar-refractivity contribution is -0.119. The zero-order valence-electron chi connectivity index (χ0n) is 14.6. The van der Waals surface area contributed by atoms with E-state index in [0.29, 0.717) is 16.4 Å². The molecule has 0 aliphatic carbocycles. The number of hydrogen-bond acceptors (Lipinski definition) is 5. The van der Waals surface area contributed by atoms with E-state index >= 15 is 0 Å². The summed E-state index contributed by atoms with van der Waals surface area (Å²) in [6, 6.07) is 10.4. The number of nitrogens with zero attached hydrogens (tertiary/aromatic N) is 2. The molecular formula is C19H15ClFN3O4. The Hall–Kier alpha value is -3.39. The highest BCUT2D eigenvalue weighted by atomic mass is 35.5. The summed E-state index contributed by atoms with van der Waals surface area (Å²) in [6.45, 7) is 1.27. The van der Waals surface area contributed by atoms with Crippen LogP contribution in [0.2, 0.25) is 5.02 Å². The second-order valence-electron chi connectivity index (χ2n) is 5.89. The lowest BCUT2D eigenvalue weighted by Crippen LogP contribution is -2.21. The topological polar surface area (TPSA) is 93.5 Å². The molecule has 0 saturated carbocycles. The summed E-state index contributed by atoms with van der Waals surface area (Å²) in [7, 11) is 0. The Morgan fingerprint density at radius 1 is 1.25 bits per heavy atom. The largest absolute Gasteiger partial charge is 0.504 e. The van der Waals surface area contributed by atoms with Gasteiger partial charge < -0.3 is 15.2 Å². The molecule has 2 N–H and O–H groups in total. The molecule has 0 saturated heterocycles. The molecule has 0 bridgehead atoms. The number of carbonyl (C=O) groups is 2. The summed E-state index contributed by atoms with van der Waals surface area (Å²) in [4.78, 5) is 24.1. The molecule has 9 heteroatoms. The minimum absolute atomic E-state index is 0.357. The fourth-order valence-corrected chi connectivity index (χ4v) is 2.63. The first-order valence-corrected chi connectivity index (χ1v) is 8.49. The molecule has 0 fully saturated rings. The van der Waals surface area contributed by atoms with Crippen LogP contribution in [0.3, 0.4) is 0 Å². The highest BCUT2D eigenvalue weighted by Crippen LogP contribution is 2.23. The van der Waals surface area contributed by atoms with Crippen LogP contribution in [0.1, 0.15) is 16.1 Å². The van der Waals surface area contributed by atoms with Crippen molar-refractivity contribution in [3.8, 4) is 11.4 Å². The van der Waals surface area contributed by atoms with Crippen LogP contribution in [0.25, 0.3) is 5.69 Å². The molecule has 0 unspecified atom stereocenters. The molecule has 144 valence electrons. The number of amides is 1. The van der Waals surface area contributed by atoms with Crippen LogP contribution in [0, 0.1) is 12.7 Å². The van der Waals surface area contributed by atoms with Gasteiger partial charge in [0, 0.05) is 0 Å². The number of benzene rings is 2. The van der Waals surface area contributed by atoms with Crippen molar-refractivity contribution >= 4 is 29.2 Å². The molecule has 1 aromatic heterocycles. The van der Waals surface area contributed by atoms with Crippen molar-refractivity contribution in [3.63, 3.8) is 0 Å². The lowest BCUT2D eigenvalue weighted by atomic mass is 10.2. The number of anilines is 1. The van der Waals surface area contributed by atoms with Gasteiger partial charge in [0.25, 0.3) is 5.91 Å². The van der Waals surface area contributed by atoms with Gasteiger partial charge in [0.2, 0.25) is 5.69 Å². The lowest BCUT2D eigenvalue weighted by Gasteiger charge is -2.08. The standard InChI is InChI=1S/C19H15ClFN3O4/c1-11-2-7-15(14(20)8-11)22-17(26)10-28-19(27)18-16(25)9-24(23-18)13-5-3-12(21)4-6-13/h2-9,25H,10H2,1H3,(H,22,26). The second-order valence-corrected chi connectivity index (χ2v) is 6.30. The van der Waals surface area contributed by atoms with Crippen molar-refractivity contribution < 1.29 is 23.8 Å². The van der Waals surface area contributed by atoms with Gasteiger partial charge in [-0.3, -0.25) is 4.79 Å². The number of nitrogens with one attached hydrogen (secondary N) is 1. The van der Waals surface area contributed by atoms with Gasteiger partial charge >= 0.3 is 5.97 Å². The van der Waals surface area contributed by atoms with E-state index in [-0.39, 0.29) is 5.69 Å². The van der Waals surface area contributed by atoms with Gasteiger partial charge in [0.1, 0.15) is 5.82 Å². The normalized spacial score (nSPS) is 10.5. The molecule has 0 aliphatic rings. The van der Waals surface area contributed by atoms with Crippen LogP contribution < -0.4 is 5.32 Å². The first-order chi connectivity index (χ1) is 13.3. The predicted molar refractivity (Wildman–Crippen MR) is 100 cm³/mol. The van der Waals surface area contributed by atoms with Crippen molar-refractivity contribution in [2.45, 2.75) is 6.92 Å². The van der Waals surface area contributed by atoms with E-state index in [1.807, 2.05) is 6.92 Å². The van der Waals surface area contributed by atoms with Gasteiger partial charge in [-0.25, -0.2) is 13.9 Å². The third-order valence-electron chi connectivity index (χ3n) is 3.71. The molecule has 0 spiro atoms. The quantitative estimate of drug-likeness (QED) is 0.636. The number of hydrogen-bond donors (Lipinski definition) is 2. The monoisotopic (exact) mass is 403 g/mol. The van der Waals surface area contributed by atoms with Crippen molar-refractivity contribution in [2.75, 3.05) is 11.9 Å². The summed E-state index contributed by atoms with van der Waals surface area (Å²) in [5, 5.41) is 16.7. The number of carbonyl (C=O) groups excluding carboxylic acids is 2. The minimum atomic E-state index is -0.983. The first-order valence-electron chi connectivity index (χ1n) is 8.11. The number of rotatable bonds is 5. The van der Waals surface area contributed by atoms with Gasteiger partial charge in [0.15, 0.2) is 12.4 Å². The van der Waals surface area contributed by atoms with E-state index in [0.717, 1.165) is 5.56 Å². The number of aromatic hydroxyl groups is 1. The van der Waals surface area contributed by atoms with E-state index in [9.17, 15) is 19.1 Å². The average Bonchev–Trinajstić information content (AvgIpc) is 3.04. The number of aryl methyl sites for hydroxylation is 1. The molecule has 3 aromatic rings. The molecule has 0 aliphatic heterocycles. The van der Waals surface area contributed by atoms with Crippen LogP contribution in [0.15, 0.2) is 48.7 Å². The Morgan fingerprint density at radius 3 is 2.64 bits per heavy atom. The van der Waals surface area contributed by atoms with Crippen molar-refractivity contribution in [1.29, 1.82) is 0 Å². The van der Waals surface area contributed by atoms with Crippen molar-refractivity contribution in [1.82, 2.24) is 9.78 Å².